The van der Waals surface area contributed by atoms with Crippen LogP contribution in [0, 0.1) is 12.7 Å². The van der Waals surface area contributed by atoms with Crippen LogP contribution < -0.4 is 0 Å². The predicted octanol–water partition coefficient (Wildman–Crippen LogP) is 3.25. The Hall–Kier alpha value is -1.11. The van der Waals surface area contributed by atoms with Gasteiger partial charge in [0.1, 0.15) is 5.82 Å². The maximum Gasteiger partial charge on any atom is 0.123 e. The third-order valence-corrected chi connectivity index (χ3v) is 1.88. The van der Waals surface area contributed by atoms with E-state index in [9.17, 15) is 4.39 Å². The van der Waals surface area contributed by atoms with Crippen LogP contribution in [0.5, 0.6) is 0 Å². The van der Waals surface area contributed by atoms with E-state index in [2.05, 4.69) is 6.08 Å². The highest BCUT2D eigenvalue weighted by Crippen LogP contribution is 2.10. The topological polar surface area (TPSA) is 0 Å². The molecule has 0 N–H and O–H groups in total. The lowest BCUT2D eigenvalue weighted by molar-refractivity contribution is 0.626. The number of rotatable bonds is 2. The first-order valence-corrected chi connectivity index (χ1v) is 4.10. The number of halogens is 1. The molecule has 1 heteroatoms. The third kappa shape index (κ3) is 2.19. The van der Waals surface area contributed by atoms with Gasteiger partial charge in [-0.3, -0.25) is 0 Å². The molecule has 0 aliphatic heterocycles. The van der Waals surface area contributed by atoms with Crippen molar-refractivity contribution in [2.45, 2.75) is 20.3 Å². The minimum atomic E-state index is -0.156. The molecule has 1 aromatic rings. The van der Waals surface area contributed by atoms with Gasteiger partial charge in [-0.1, -0.05) is 18.2 Å². The molecule has 0 spiro atoms. The number of allylic oxidation sites excluding steroid dienone is 2. The highest BCUT2D eigenvalue weighted by atomic mass is 19.1. The van der Waals surface area contributed by atoms with Crippen LogP contribution in [0.3, 0.4) is 0 Å². The zero-order valence-electron chi connectivity index (χ0n) is 7.47. The second-order valence-corrected chi connectivity index (χ2v) is 2.84. The van der Waals surface area contributed by atoms with Gasteiger partial charge in [0, 0.05) is 0 Å². The van der Waals surface area contributed by atoms with Crippen molar-refractivity contribution in [3.05, 3.63) is 47.3 Å². The summed E-state index contributed by atoms with van der Waals surface area (Å²) in [7, 11) is 0. The molecule has 1 rings (SSSR count). The Morgan fingerprint density at radius 2 is 2.17 bits per heavy atom. The van der Waals surface area contributed by atoms with Gasteiger partial charge in [0.15, 0.2) is 0 Å². The fourth-order valence-electron chi connectivity index (χ4n) is 1.13. The van der Waals surface area contributed by atoms with Crippen molar-refractivity contribution in [3.8, 4) is 0 Å². The van der Waals surface area contributed by atoms with E-state index in [1.165, 1.54) is 11.6 Å². The summed E-state index contributed by atoms with van der Waals surface area (Å²) < 4.78 is 12.7. The number of aryl methyl sites for hydroxylation is 1. The molecule has 0 unspecified atom stereocenters. The molecule has 0 radical (unpaired) electrons. The van der Waals surface area contributed by atoms with Crippen LogP contribution in [0.15, 0.2) is 30.4 Å². The predicted molar refractivity (Wildman–Crippen MR) is 49.7 cm³/mol. The highest BCUT2D eigenvalue weighted by Gasteiger charge is 1.96. The van der Waals surface area contributed by atoms with E-state index >= 15 is 0 Å². The Bertz CT molecular complexity index is 287. The highest BCUT2D eigenvalue weighted by molar-refractivity contribution is 5.28. The summed E-state index contributed by atoms with van der Waals surface area (Å²) in [4.78, 5) is 0. The summed E-state index contributed by atoms with van der Waals surface area (Å²) in [6.45, 7) is 3.92. The van der Waals surface area contributed by atoms with Gasteiger partial charge in [0.05, 0.1) is 0 Å². The van der Waals surface area contributed by atoms with E-state index in [1.54, 1.807) is 6.07 Å². The maximum atomic E-state index is 12.7. The van der Waals surface area contributed by atoms with Gasteiger partial charge in [0.25, 0.3) is 0 Å². The van der Waals surface area contributed by atoms with Gasteiger partial charge in [0.2, 0.25) is 0 Å². The molecule has 0 fully saturated rings. The smallest absolute Gasteiger partial charge is 0.123 e. The average Bonchev–Trinajstić information content (AvgIpc) is 2.03. The summed E-state index contributed by atoms with van der Waals surface area (Å²) >= 11 is 0. The molecule has 0 aromatic heterocycles. The van der Waals surface area contributed by atoms with Gasteiger partial charge >= 0.3 is 0 Å². The van der Waals surface area contributed by atoms with Crippen LogP contribution in [-0.2, 0) is 6.42 Å². The van der Waals surface area contributed by atoms with Crippen LogP contribution in [-0.4, -0.2) is 0 Å². The van der Waals surface area contributed by atoms with E-state index < -0.39 is 0 Å². The molecule has 0 saturated carbocycles. The third-order valence-electron chi connectivity index (χ3n) is 1.88. The maximum absolute atomic E-state index is 12.7. The first-order chi connectivity index (χ1) is 5.74. The molecular weight excluding hydrogens is 151 g/mol. The molecule has 0 aliphatic rings. The minimum absolute atomic E-state index is 0.156. The Labute approximate surface area is 72.7 Å². The van der Waals surface area contributed by atoms with E-state index in [0.29, 0.717) is 0 Å². The lowest BCUT2D eigenvalue weighted by Gasteiger charge is -2.01. The molecule has 64 valence electrons. The molecule has 0 atom stereocenters. The molecule has 0 heterocycles. The van der Waals surface area contributed by atoms with Gasteiger partial charge < -0.3 is 0 Å². The lowest BCUT2D eigenvalue weighted by Crippen LogP contribution is -1.87. The minimum Gasteiger partial charge on any atom is -0.207 e. The van der Waals surface area contributed by atoms with Gasteiger partial charge in [-0.25, -0.2) is 4.39 Å². The molecule has 1 aromatic carbocycles. The zero-order chi connectivity index (χ0) is 8.97. The quantitative estimate of drug-likeness (QED) is 0.588. The van der Waals surface area contributed by atoms with E-state index in [-0.39, 0.29) is 5.82 Å². The molecule has 0 saturated heterocycles. The zero-order valence-corrected chi connectivity index (χ0v) is 7.47. The molecule has 12 heavy (non-hydrogen) atoms. The van der Waals surface area contributed by atoms with Crippen LogP contribution in [0.4, 0.5) is 4.39 Å². The monoisotopic (exact) mass is 164 g/mol. The van der Waals surface area contributed by atoms with Crippen LogP contribution >= 0.6 is 0 Å². The normalized spacial score (nSPS) is 10.9. The molecule has 0 aliphatic carbocycles. The van der Waals surface area contributed by atoms with Crippen LogP contribution in [0.2, 0.25) is 0 Å². The Kier molecular flexibility index (Phi) is 3.03. The molecule has 0 bridgehead atoms. The fraction of sp³-hybridized carbons (Fsp3) is 0.273. The summed E-state index contributed by atoms with van der Waals surface area (Å²) in [6, 6.07) is 4.91. The second-order valence-electron chi connectivity index (χ2n) is 2.84. The van der Waals surface area contributed by atoms with Crippen LogP contribution in [0.25, 0.3) is 0 Å². The Morgan fingerprint density at radius 3 is 2.75 bits per heavy atom. The standard InChI is InChI=1S/C11H13F/c1-3-4-5-10-6-7-11(12)8-9(10)2/h3-4,6-8H,5H2,1-2H3/b4-3+. The van der Waals surface area contributed by atoms with Crippen molar-refractivity contribution in [1.29, 1.82) is 0 Å². The van der Waals surface area contributed by atoms with E-state index in [4.69, 9.17) is 0 Å². The van der Waals surface area contributed by atoms with E-state index in [1.807, 2.05) is 26.0 Å². The van der Waals surface area contributed by atoms with E-state index in [0.717, 1.165) is 12.0 Å². The fourth-order valence-corrected chi connectivity index (χ4v) is 1.13. The lowest BCUT2D eigenvalue weighted by atomic mass is 10.1. The van der Waals surface area contributed by atoms with Crippen molar-refractivity contribution in [3.63, 3.8) is 0 Å². The number of hydrogen-bond donors (Lipinski definition) is 0. The second kappa shape index (κ2) is 4.05. The molecular formula is C11H13F. The van der Waals surface area contributed by atoms with Gasteiger partial charge in [-0.2, -0.15) is 0 Å². The van der Waals surface area contributed by atoms with Gasteiger partial charge in [-0.05, 0) is 43.5 Å². The summed E-state index contributed by atoms with van der Waals surface area (Å²) in [5.41, 5.74) is 2.21. The van der Waals surface area contributed by atoms with Crippen molar-refractivity contribution in [2.75, 3.05) is 0 Å². The van der Waals surface area contributed by atoms with Gasteiger partial charge in [-0.15, -0.1) is 0 Å². The molecule has 0 amide bonds. The number of hydrogen-bond acceptors (Lipinski definition) is 0. The largest absolute Gasteiger partial charge is 0.207 e. The Morgan fingerprint density at radius 1 is 1.42 bits per heavy atom. The average molecular weight is 164 g/mol. The molecule has 0 nitrogen and oxygen atoms in total. The van der Waals surface area contributed by atoms with Crippen molar-refractivity contribution < 1.29 is 4.39 Å². The summed E-state index contributed by atoms with van der Waals surface area (Å²) in [5.74, 6) is -0.156. The van der Waals surface area contributed by atoms with Crippen molar-refractivity contribution >= 4 is 0 Å². The van der Waals surface area contributed by atoms with Crippen molar-refractivity contribution in [2.24, 2.45) is 0 Å². The SMILES string of the molecule is C/C=C/Cc1ccc(F)cc1C. The number of benzene rings is 1. The van der Waals surface area contributed by atoms with Crippen LogP contribution in [0.1, 0.15) is 18.1 Å². The Balaban J connectivity index is 2.86. The van der Waals surface area contributed by atoms with Crippen molar-refractivity contribution in [1.82, 2.24) is 0 Å². The summed E-state index contributed by atoms with van der Waals surface area (Å²) in [6.07, 6.45) is 4.96. The first-order valence-electron chi connectivity index (χ1n) is 4.10. The first kappa shape index (κ1) is 8.98. The summed E-state index contributed by atoms with van der Waals surface area (Å²) in [5, 5.41) is 0.